The lowest BCUT2D eigenvalue weighted by Crippen LogP contribution is -2.22. The number of hydrogen-bond donors (Lipinski definition) is 2. The molecule has 0 unspecified atom stereocenters. The summed E-state index contributed by atoms with van der Waals surface area (Å²) in [5, 5.41) is 5.81. The average Bonchev–Trinajstić information content (AvgIpc) is 2.42. The molecule has 6 nitrogen and oxygen atoms in total. The number of nitrogens with zero attached hydrogens (tertiary/aromatic N) is 3. The molecular formula is C5H6F3N5OS. The SMILES string of the molecule is NC(=O)CSc1nnc(C(F)(F)F)n1N. The first-order valence-corrected chi connectivity index (χ1v) is 4.49. The highest BCUT2D eigenvalue weighted by molar-refractivity contribution is 7.99. The molecule has 0 bridgehead atoms. The lowest BCUT2D eigenvalue weighted by atomic mass is 10.6. The number of carbonyl (C=O) groups excluding carboxylic acids is 1. The Kier molecular flexibility index (Phi) is 3.07. The summed E-state index contributed by atoms with van der Waals surface area (Å²) in [5.74, 6) is 2.85. The molecule has 1 amide bonds. The summed E-state index contributed by atoms with van der Waals surface area (Å²) in [6, 6.07) is 0. The number of aromatic nitrogens is 3. The molecule has 15 heavy (non-hydrogen) atoms. The number of halogens is 3. The zero-order chi connectivity index (χ0) is 11.6. The Morgan fingerprint density at radius 1 is 1.47 bits per heavy atom. The van der Waals surface area contributed by atoms with E-state index in [0.717, 1.165) is 0 Å². The van der Waals surface area contributed by atoms with Crippen molar-refractivity contribution in [3.63, 3.8) is 0 Å². The summed E-state index contributed by atoms with van der Waals surface area (Å²) in [4.78, 5) is 10.4. The van der Waals surface area contributed by atoms with Crippen LogP contribution in [0.1, 0.15) is 5.82 Å². The maximum Gasteiger partial charge on any atom is 0.453 e. The van der Waals surface area contributed by atoms with Crippen molar-refractivity contribution in [3.05, 3.63) is 5.82 Å². The highest BCUT2D eigenvalue weighted by Gasteiger charge is 2.38. The Bertz CT molecular complexity index is 375. The van der Waals surface area contributed by atoms with E-state index in [-0.39, 0.29) is 15.6 Å². The molecule has 0 fully saturated rings. The van der Waals surface area contributed by atoms with Crippen molar-refractivity contribution in [1.82, 2.24) is 14.9 Å². The van der Waals surface area contributed by atoms with Gasteiger partial charge in [-0.3, -0.25) is 4.79 Å². The van der Waals surface area contributed by atoms with Gasteiger partial charge in [-0.25, -0.2) is 4.68 Å². The average molecular weight is 241 g/mol. The summed E-state index contributed by atoms with van der Waals surface area (Å²) in [6.45, 7) is 0. The van der Waals surface area contributed by atoms with Gasteiger partial charge in [-0.1, -0.05) is 11.8 Å². The molecule has 1 rings (SSSR count). The van der Waals surface area contributed by atoms with Gasteiger partial charge in [-0.15, -0.1) is 10.2 Å². The van der Waals surface area contributed by atoms with E-state index >= 15 is 0 Å². The van der Waals surface area contributed by atoms with E-state index in [2.05, 4.69) is 10.2 Å². The number of hydrogen-bond acceptors (Lipinski definition) is 5. The normalized spacial score (nSPS) is 11.7. The van der Waals surface area contributed by atoms with E-state index < -0.39 is 17.9 Å². The number of thioether (sulfide) groups is 1. The van der Waals surface area contributed by atoms with Gasteiger partial charge in [0.15, 0.2) is 0 Å². The third-order valence-electron chi connectivity index (χ3n) is 1.26. The molecule has 0 aliphatic rings. The maximum absolute atomic E-state index is 12.2. The molecule has 84 valence electrons. The Morgan fingerprint density at radius 3 is 2.47 bits per heavy atom. The van der Waals surface area contributed by atoms with Gasteiger partial charge >= 0.3 is 6.18 Å². The second kappa shape index (κ2) is 3.96. The van der Waals surface area contributed by atoms with Gasteiger partial charge in [0.05, 0.1) is 5.75 Å². The van der Waals surface area contributed by atoms with Gasteiger partial charge in [-0.2, -0.15) is 13.2 Å². The zero-order valence-electron chi connectivity index (χ0n) is 7.15. The van der Waals surface area contributed by atoms with E-state index in [0.29, 0.717) is 11.8 Å². The fourth-order valence-electron chi connectivity index (χ4n) is 0.704. The van der Waals surface area contributed by atoms with Gasteiger partial charge in [0.2, 0.25) is 11.1 Å². The highest BCUT2D eigenvalue weighted by atomic mass is 32.2. The summed E-state index contributed by atoms with van der Waals surface area (Å²) >= 11 is 0.682. The molecule has 0 aromatic carbocycles. The molecule has 1 aromatic heterocycles. The largest absolute Gasteiger partial charge is 0.453 e. The van der Waals surface area contributed by atoms with Gasteiger partial charge < -0.3 is 11.6 Å². The Morgan fingerprint density at radius 2 is 2.07 bits per heavy atom. The fraction of sp³-hybridized carbons (Fsp3) is 0.400. The zero-order valence-corrected chi connectivity index (χ0v) is 7.97. The van der Waals surface area contributed by atoms with E-state index in [4.69, 9.17) is 11.6 Å². The van der Waals surface area contributed by atoms with Crippen LogP contribution >= 0.6 is 11.8 Å². The van der Waals surface area contributed by atoms with Crippen LogP contribution in [-0.2, 0) is 11.0 Å². The standard InChI is InChI=1S/C5H6F3N5OS/c6-5(7,8)3-11-12-4(13(3)10)15-1-2(9)14/h1,10H2,(H2,9,14). The fourth-order valence-corrected chi connectivity index (χ4v) is 1.30. The summed E-state index contributed by atoms with van der Waals surface area (Å²) in [6.07, 6.45) is -4.67. The van der Waals surface area contributed by atoms with Gasteiger partial charge in [0.25, 0.3) is 5.82 Å². The van der Waals surface area contributed by atoms with Crippen LogP contribution < -0.4 is 11.6 Å². The van der Waals surface area contributed by atoms with Gasteiger partial charge in [0.1, 0.15) is 0 Å². The minimum atomic E-state index is -4.67. The first-order chi connectivity index (χ1) is 6.82. The first kappa shape index (κ1) is 11.6. The van der Waals surface area contributed by atoms with Crippen LogP contribution in [-0.4, -0.2) is 26.5 Å². The smallest absolute Gasteiger partial charge is 0.369 e. The van der Waals surface area contributed by atoms with E-state index in [1.807, 2.05) is 0 Å². The number of primary amides is 1. The van der Waals surface area contributed by atoms with Gasteiger partial charge in [0, 0.05) is 0 Å². The number of nitrogen functional groups attached to an aromatic ring is 1. The quantitative estimate of drug-likeness (QED) is 0.553. The van der Waals surface area contributed by atoms with Crippen molar-refractivity contribution >= 4 is 17.7 Å². The number of carbonyl (C=O) groups is 1. The minimum absolute atomic E-state index is 0.215. The predicted octanol–water partition coefficient (Wildman–Crippen LogP) is -0.412. The van der Waals surface area contributed by atoms with E-state index in [1.54, 1.807) is 0 Å². The molecule has 0 radical (unpaired) electrons. The van der Waals surface area contributed by atoms with Crippen LogP contribution in [0.25, 0.3) is 0 Å². The molecule has 0 atom stereocenters. The van der Waals surface area contributed by atoms with Crippen LogP contribution in [0.3, 0.4) is 0 Å². The van der Waals surface area contributed by atoms with E-state index in [1.165, 1.54) is 0 Å². The van der Waals surface area contributed by atoms with Crippen LogP contribution in [0.5, 0.6) is 0 Å². The molecule has 0 saturated heterocycles. The van der Waals surface area contributed by atoms with Crippen molar-refractivity contribution in [2.45, 2.75) is 11.3 Å². The molecule has 0 aliphatic heterocycles. The molecular weight excluding hydrogens is 235 g/mol. The molecule has 1 heterocycles. The maximum atomic E-state index is 12.2. The highest BCUT2D eigenvalue weighted by Crippen LogP contribution is 2.28. The molecule has 0 aliphatic carbocycles. The predicted molar refractivity (Wildman–Crippen MR) is 45.1 cm³/mol. The van der Waals surface area contributed by atoms with Crippen molar-refractivity contribution in [1.29, 1.82) is 0 Å². The van der Waals surface area contributed by atoms with Crippen molar-refractivity contribution in [3.8, 4) is 0 Å². The topological polar surface area (TPSA) is 99.8 Å². The minimum Gasteiger partial charge on any atom is -0.369 e. The van der Waals surface area contributed by atoms with Crippen molar-refractivity contribution in [2.24, 2.45) is 5.73 Å². The monoisotopic (exact) mass is 241 g/mol. The first-order valence-electron chi connectivity index (χ1n) is 3.51. The number of rotatable bonds is 3. The van der Waals surface area contributed by atoms with Gasteiger partial charge in [-0.05, 0) is 0 Å². The third-order valence-corrected chi connectivity index (χ3v) is 2.23. The molecule has 0 saturated carbocycles. The summed E-state index contributed by atoms with van der Waals surface area (Å²) in [5.41, 5.74) is 4.80. The molecule has 0 spiro atoms. The third kappa shape index (κ3) is 2.75. The van der Waals surface area contributed by atoms with Crippen molar-refractivity contribution in [2.75, 3.05) is 11.6 Å². The summed E-state index contributed by atoms with van der Waals surface area (Å²) < 4.78 is 36.7. The lowest BCUT2D eigenvalue weighted by molar-refractivity contribution is -0.146. The van der Waals surface area contributed by atoms with Crippen molar-refractivity contribution < 1.29 is 18.0 Å². The second-order valence-corrected chi connectivity index (χ2v) is 3.37. The molecule has 10 heteroatoms. The number of nitrogens with two attached hydrogens (primary N) is 2. The molecule has 1 aromatic rings. The number of alkyl halides is 3. The number of amides is 1. The second-order valence-electron chi connectivity index (χ2n) is 2.43. The van der Waals surface area contributed by atoms with Crippen LogP contribution in [0.4, 0.5) is 13.2 Å². The Hall–Kier alpha value is -1.45. The molecule has 4 N–H and O–H groups in total. The van der Waals surface area contributed by atoms with Crippen LogP contribution in [0.2, 0.25) is 0 Å². The van der Waals surface area contributed by atoms with Crippen LogP contribution in [0, 0.1) is 0 Å². The van der Waals surface area contributed by atoms with Crippen LogP contribution in [0.15, 0.2) is 5.16 Å². The Balaban J connectivity index is 2.85. The Labute approximate surface area is 85.8 Å². The van der Waals surface area contributed by atoms with E-state index in [9.17, 15) is 18.0 Å². The summed E-state index contributed by atoms with van der Waals surface area (Å²) in [7, 11) is 0. The lowest BCUT2D eigenvalue weighted by Gasteiger charge is -2.05.